The first-order chi connectivity index (χ1) is 6.09. The van der Waals surface area contributed by atoms with Gasteiger partial charge in [0, 0.05) is 0 Å². The summed E-state index contributed by atoms with van der Waals surface area (Å²) in [6, 6.07) is 6.67. The lowest BCUT2D eigenvalue weighted by Gasteiger charge is -2.03. The molecule has 13 heavy (non-hydrogen) atoms. The summed E-state index contributed by atoms with van der Waals surface area (Å²) >= 11 is -1.86. The van der Waals surface area contributed by atoms with Gasteiger partial charge in [0.2, 0.25) is 0 Å². The summed E-state index contributed by atoms with van der Waals surface area (Å²) in [5.41, 5.74) is 1.23. The summed E-state index contributed by atoms with van der Waals surface area (Å²) < 4.78 is 31.9. The third-order valence-electron chi connectivity index (χ3n) is 1.70. The maximum Gasteiger partial charge on any atom is 0.157 e. The summed E-state index contributed by atoms with van der Waals surface area (Å²) in [5.74, 6) is 0.0561. The third kappa shape index (κ3) is 3.24. The second kappa shape index (κ2) is 4.48. The predicted molar refractivity (Wildman–Crippen MR) is 50.4 cm³/mol. The van der Waals surface area contributed by atoms with Crippen molar-refractivity contribution in [1.29, 1.82) is 0 Å². The van der Waals surface area contributed by atoms with Gasteiger partial charge in [-0.2, -0.15) is 0 Å². The van der Waals surface area contributed by atoms with Crippen molar-refractivity contribution in [3.05, 3.63) is 35.4 Å². The van der Waals surface area contributed by atoms with E-state index in [4.69, 9.17) is 4.55 Å². The van der Waals surface area contributed by atoms with Crippen LogP contribution in [0.25, 0.3) is 0 Å². The molecule has 1 aromatic carbocycles. The minimum atomic E-state index is -1.86. The van der Waals surface area contributed by atoms with Gasteiger partial charge in [-0.05, 0) is 18.1 Å². The molecule has 0 aliphatic carbocycles. The molecule has 2 nitrogen and oxygen atoms in total. The molecule has 0 fully saturated rings. The van der Waals surface area contributed by atoms with E-state index in [0.717, 1.165) is 0 Å². The summed E-state index contributed by atoms with van der Waals surface area (Å²) in [5, 5.41) is 0. The Morgan fingerprint density at radius 2 is 2.31 bits per heavy atom. The van der Waals surface area contributed by atoms with Gasteiger partial charge in [0.1, 0.15) is 6.17 Å². The molecule has 0 radical (unpaired) electrons. The molecule has 2 unspecified atom stereocenters. The Kier molecular flexibility index (Phi) is 3.57. The van der Waals surface area contributed by atoms with E-state index in [1.165, 1.54) is 6.92 Å². The highest BCUT2D eigenvalue weighted by Crippen LogP contribution is 2.17. The topological polar surface area (TPSA) is 37.3 Å². The fourth-order valence-electron chi connectivity index (χ4n) is 1.07. The van der Waals surface area contributed by atoms with E-state index in [2.05, 4.69) is 0 Å². The van der Waals surface area contributed by atoms with Crippen LogP contribution in [0, 0.1) is 0 Å². The highest BCUT2D eigenvalue weighted by Gasteiger charge is 2.04. The summed E-state index contributed by atoms with van der Waals surface area (Å²) in [6.45, 7) is 1.44. The molecular weight excluding hydrogens is 191 g/mol. The first kappa shape index (κ1) is 10.3. The first-order valence-electron chi connectivity index (χ1n) is 3.90. The molecule has 0 aromatic heterocycles. The minimum Gasteiger partial charge on any atom is -0.306 e. The Balaban J connectivity index is 2.85. The molecule has 2 atom stereocenters. The molecule has 0 heterocycles. The maximum absolute atomic E-state index is 12.8. The number of hydrogen-bond donors (Lipinski definition) is 1. The van der Waals surface area contributed by atoms with Crippen molar-refractivity contribution in [3.8, 4) is 0 Å². The van der Waals surface area contributed by atoms with E-state index in [9.17, 15) is 8.60 Å². The second-order valence-corrected chi connectivity index (χ2v) is 3.76. The Labute approximate surface area is 79.1 Å². The van der Waals surface area contributed by atoms with Crippen LogP contribution >= 0.6 is 0 Å². The normalized spacial score (nSPS) is 15.3. The van der Waals surface area contributed by atoms with E-state index in [1.807, 2.05) is 0 Å². The molecule has 0 amide bonds. The summed E-state index contributed by atoms with van der Waals surface area (Å²) in [6.07, 6.45) is -1.04. The molecule has 1 N–H and O–H groups in total. The van der Waals surface area contributed by atoms with E-state index in [0.29, 0.717) is 11.1 Å². The predicted octanol–water partition coefficient (Wildman–Crippen LogP) is 2.44. The molecule has 0 bridgehead atoms. The van der Waals surface area contributed by atoms with Crippen LogP contribution in [-0.2, 0) is 16.8 Å². The van der Waals surface area contributed by atoms with E-state index in [-0.39, 0.29) is 5.75 Å². The van der Waals surface area contributed by atoms with Crippen LogP contribution in [0.15, 0.2) is 24.3 Å². The van der Waals surface area contributed by atoms with Gasteiger partial charge in [-0.3, -0.25) is 0 Å². The zero-order valence-electron chi connectivity index (χ0n) is 7.24. The van der Waals surface area contributed by atoms with Crippen LogP contribution in [0.2, 0.25) is 0 Å². The third-order valence-corrected chi connectivity index (χ3v) is 2.28. The van der Waals surface area contributed by atoms with E-state index in [1.54, 1.807) is 24.3 Å². The fraction of sp³-hybridized carbons (Fsp3) is 0.333. The van der Waals surface area contributed by atoms with Crippen molar-refractivity contribution in [2.75, 3.05) is 0 Å². The van der Waals surface area contributed by atoms with Crippen LogP contribution in [0.4, 0.5) is 4.39 Å². The van der Waals surface area contributed by atoms with Crippen LogP contribution in [-0.4, -0.2) is 8.76 Å². The van der Waals surface area contributed by atoms with Crippen molar-refractivity contribution in [3.63, 3.8) is 0 Å². The van der Waals surface area contributed by atoms with Crippen molar-refractivity contribution >= 4 is 11.1 Å². The van der Waals surface area contributed by atoms with Gasteiger partial charge in [0.05, 0.1) is 5.75 Å². The molecule has 0 spiro atoms. The van der Waals surface area contributed by atoms with Gasteiger partial charge in [0.25, 0.3) is 0 Å². The molecule has 0 aliphatic heterocycles. The van der Waals surface area contributed by atoms with Gasteiger partial charge in [-0.15, -0.1) is 0 Å². The van der Waals surface area contributed by atoms with Crippen molar-refractivity contribution in [2.24, 2.45) is 0 Å². The molecule has 0 saturated heterocycles. The Morgan fingerprint density at radius 3 is 2.85 bits per heavy atom. The van der Waals surface area contributed by atoms with Gasteiger partial charge in [-0.1, -0.05) is 24.3 Å². The van der Waals surface area contributed by atoms with Crippen LogP contribution in [0.3, 0.4) is 0 Å². The minimum absolute atomic E-state index is 0.0561. The highest BCUT2D eigenvalue weighted by atomic mass is 32.2. The number of alkyl halides is 1. The lowest BCUT2D eigenvalue weighted by atomic mass is 10.1. The zero-order chi connectivity index (χ0) is 9.84. The molecule has 0 aliphatic rings. The van der Waals surface area contributed by atoms with Gasteiger partial charge >= 0.3 is 0 Å². The molecule has 0 saturated carbocycles. The van der Waals surface area contributed by atoms with Crippen LogP contribution in [0.1, 0.15) is 24.2 Å². The van der Waals surface area contributed by atoms with Gasteiger partial charge in [0.15, 0.2) is 11.1 Å². The first-order valence-corrected chi connectivity index (χ1v) is 5.17. The number of rotatable bonds is 3. The lowest BCUT2D eigenvalue weighted by Crippen LogP contribution is -1.94. The van der Waals surface area contributed by atoms with Crippen molar-refractivity contribution in [1.82, 2.24) is 0 Å². The van der Waals surface area contributed by atoms with Crippen LogP contribution in [0.5, 0.6) is 0 Å². The zero-order valence-corrected chi connectivity index (χ0v) is 8.05. The van der Waals surface area contributed by atoms with Crippen molar-refractivity contribution in [2.45, 2.75) is 18.8 Å². The van der Waals surface area contributed by atoms with Crippen LogP contribution < -0.4 is 0 Å². The molecular formula is C9H11FO2S. The fourth-order valence-corrected chi connectivity index (χ4v) is 1.54. The number of halogens is 1. The molecule has 72 valence electrons. The molecule has 1 rings (SSSR count). The maximum atomic E-state index is 12.8. The van der Waals surface area contributed by atoms with E-state index < -0.39 is 17.3 Å². The average Bonchev–Trinajstić information content (AvgIpc) is 2.03. The molecule has 4 heteroatoms. The monoisotopic (exact) mass is 202 g/mol. The SMILES string of the molecule is CC(F)c1cccc(CS(=O)O)c1. The summed E-state index contributed by atoms with van der Waals surface area (Å²) in [7, 11) is 0. The summed E-state index contributed by atoms with van der Waals surface area (Å²) in [4.78, 5) is 0. The smallest absolute Gasteiger partial charge is 0.157 e. The van der Waals surface area contributed by atoms with Gasteiger partial charge in [-0.25, -0.2) is 8.60 Å². The number of hydrogen-bond acceptors (Lipinski definition) is 1. The number of benzene rings is 1. The highest BCUT2D eigenvalue weighted by molar-refractivity contribution is 7.78. The quantitative estimate of drug-likeness (QED) is 0.764. The average molecular weight is 202 g/mol. The lowest BCUT2D eigenvalue weighted by molar-refractivity contribution is 0.374. The van der Waals surface area contributed by atoms with E-state index >= 15 is 0 Å². The van der Waals surface area contributed by atoms with Crippen molar-refractivity contribution < 1.29 is 13.2 Å². The Bertz CT molecular complexity index is 312. The standard InChI is InChI=1S/C9H11FO2S/c1-7(10)9-4-2-3-8(5-9)6-13(11)12/h2-5,7H,6H2,1H3,(H,11,12). The molecule has 1 aromatic rings. The van der Waals surface area contributed by atoms with Gasteiger partial charge < -0.3 is 4.55 Å². The largest absolute Gasteiger partial charge is 0.306 e. The Hall–Kier alpha value is -0.740. The Morgan fingerprint density at radius 1 is 1.62 bits per heavy atom. The second-order valence-electron chi connectivity index (χ2n) is 2.83.